The minimum atomic E-state index is -3.46. The number of rotatable bonds is 5. The standard InChI is InChI=1S/C19H22ClN3O2S2/c20-18-15-16-7-10-23(27(24,25)19(16)26-18)9-4-8-21-11-13-22(14-12-21)17-5-2-1-3-6-17/h1-3,5-7,10,15H,4,8-9,11-14H2. The van der Waals surface area contributed by atoms with Gasteiger partial charge in [0.15, 0.2) is 0 Å². The van der Waals surface area contributed by atoms with E-state index in [4.69, 9.17) is 11.6 Å². The monoisotopic (exact) mass is 423 g/mol. The first kappa shape index (κ1) is 18.8. The zero-order valence-corrected chi connectivity index (χ0v) is 17.3. The minimum absolute atomic E-state index is 0.353. The number of para-hydroxylation sites is 1. The van der Waals surface area contributed by atoms with Gasteiger partial charge in [-0.1, -0.05) is 29.8 Å². The van der Waals surface area contributed by atoms with Gasteiger partial charge in [-0.3, -0.25) is 9.21 Å². The van der Waals surface area contributed by atoms with Crippen LogP contribution in [0.3, 0.4) is 0 Å². The molecule has 0 saturated carbocycles. The number of benzene rings is 1. The van der Waals surface area contributed by atoms with E-state index >= 15 is 0 Å². The fraction of sp³-hybridized carbons (Fsp3) is 0.368. The van der Waals surface area contributed by atoms with E-state index in [0.717, 1.165) is 50.5 Å². The lowest BCUT2D eigenvalue weighted by Crippen LogP contribution is -2.47. The molecule has 0 radical (unpaired) electrons. The molecule has 4 rings (SSSR count). The van der Waals surface area contributed by atoms with E-state index in [1.54, 1.807) is 12.3 Å². The van der Waals surface area contributed by atoms with E-state index in [-0.39, 0.29) is 0 Å². The van der Waals surface area contributed by atoms with Crippen molar-refractivity contribution in [1.29, 1.82) is 0 Å². The SMILES string of the molecule is O=S1(=O)c2sc(Cl)cc2C=CN1CCCN1CCN(c2ccccc2)CC1. The fourth-order valence-electron chi connectivity index (χ4n) is 3.54. The lowest BCUT2D eigenvalue weighted by Gasteiger charge is -2.36. The third-order valence-electron chi connectivity index (χ3n) is 5.00. The average Bonchev–Trinajstić information content (AvgIpc) is 3.07. The van der Waals surface area contributed by atoms with E-state index in [0.29, 0.717) is 20.7 Å². The van der Waals surface area contributed by atoms with Crippen molar-refractivity contribution in [3.63, 3.8) is 0 Å². The molecular weight excluding hydrogens is 402 g/mol. The molecule has 144 valence electrons. The van der Waals surface area contributed by atoms with Crippen molar-refractivity contribution in [3.8, 4) is 0 Å². The first-order chi connectivity index (χ1) is 13.0. The zero-order valence-electron chi connectivity index (χ0n) is 14.9. The first-order valence-electron chi connectivity index (χ1n) is 9.06. The molecule has 1 saturated heterocycles. The number of thiophene rings is 1. The molecule has 2 aliphatic rings. The second-order valence-electron chi connectivity index (χ2n) is 6.74. The van der Waals surface area contributed by atoms with Gasteiger partial charge in [-0.25, -0.2) is 8.42 Å². The van der Waals surface area contributed by atoms with Gasteiger partial charge in [0.05, 0.1) is 4.34 Å². The number of hydrogen-bond acceptors (Lipinski definition) is 5. The summed E-state index contributed by atoms with van der Waals surface area (Å²) in [5.74, 6) is 0. The van der Waals surface area contributed by atoms with Gasteiger partial charge in [-0.2, -0.15) is 0 Å². The van der Waals surface area contributed by atoms with Crippen LogP contribution in [0.1, 0.15) is 12.0 Å². The van der Waals surface area contributed by atoms with Gasteiger partial charge in [0.2, 0.25) is 0 Å². The molecule has 0 atom stereocenters. The third kappa shape index (κ3) is 4.01. The van der Waals surface area contributed by atoms with Gasteiger partial charge in [0.25, 0.3) is 10.0 Å². The number of anilines is 1. The number of nitrogens with zero attached hydrogens (tertiary/aromatic N) is 3. The summed E-state index contributed by atoms with van der Waals surface area (Å²) in [6.07, 6.45) is 4.30. The highest BCUT2D eigenvalue weighted by Crippen LogP contribution is 2.36. The summed E-state index contributed by atoms with van der Waals surface area (Å²) >= 11 is 7.11. The van der Waals surface area contributed by atoms with Crippen molar-refractivity contribution >= 4 is 44.7 Å². The molecule has 5 nitrogen and oxygen atoms in total. The molecule has 0 aliphatic carbocycles. The predicted molar refractivity (Wildman–Crippen MR) is 112 cm³/mol. The maximum Gasteiger partial charge on any atom is 0.273 e. The van der Waals surface area contributed by atoms with Gasteiger partial charge in [-0.05, 0) is 30.7 Å². The van der Waals surface area contributed by atoms with Crippen LogP contribution in [-0.2, 0) is 10.0 Å². The van der Waals surface area contributed by atoms with Gasteiger partial charge < -0.3 is 4.90 Å². The molecule has 0 N–H and O–H groups in total. The maximum absolute atomic E-state index is 12.7. The van der Waals surface area contributed by atoms with Gasteiger partial charge in [0.1, 0.15) is 4.21 Å². The molecule has 0 amide bonds. The van der Waals surface area contributed by atoms with E-state index in [1.165, 1.54) is 9.99 Å². The van der Waals surface area contributed by atoms with Crippen molar-refractivity contribution < 1.29 is 8.42 Å². The molecule has 0 unspecified atom stereocenters. The Morgan fingerprint density at radius 1 is 1.04 bits per heavy atom. The Bertz CT molecular complexity index is 920. The Labute approximate surface area is 169 Å². The van der Waals surface area contributed by atoms with Crippen molar-refractivity contribution in [3.05, 3.63) is 52.5 Å². The number of halogens is 1. The van der Waals surface area contributed by atoms with Crippen LogP contribution in [0, 0.1) is 0 Å². The zero-order chi connectivity index (χ0) is 18.9. The molecule has 2 aromatic rings. The Kier molecular flexibility index (Phi) is 5.45. The Balaban J connectivity index is 1.27. The average molecular weight is 424 g/mol. The largest absolute Gasteiger partial charge is 0.369 e. The van der Waals surface area contributed by atoms with Crippen LogP contribution in [0.25, 0.3) is 6.08 Å². The van der Waals surface area contributed by atoms with Crippen LogP contribution >= 0.6 is 22.9 Å². The Hall–Kier alpha value is -1.54. The van der Waals surface area contributed by atoms with Crippen LogP contribution in [0.4, 0.5) is 5.69 Å². The summed E-state index contributed by atoms with van der Waals surface area (Å²) in [6, 6.07) is 12.2. The lowest BCUT2D eigenvalue weighted by atomic mass is 10.2. The Morgan fingerprint density at radius 3 is 2.52 bits per heavy atom. The third-order valence-corrected chi connectivity index (χ3v) is 8.59. The lowest BCUT2D eigenvalue weighted by molar-refractivity contribution is 0.250. The summed E-state index contributed by atoms with van der Waals surface area (Å²) in [5.41, 5.74) is 1.96. The van der Waals surface area contributed by atoms with E-state index in [9.17, 15) is 8.42 Å². The van der Waals surface area contributed by atoms with Crippen molar-refractivity contribution in [2.45, 2.75) is 10.6 Å². The van der Waals surface area contributed by atoms with Crippen LogP contribution in [0.5, 0.6) is 0 Å². The maximum atomic E-state index is 12.7. The van der Waals surface area contributed by atoms with Gasteiger partial charge in [0, 0.05) is 56.7 Å². The molecule has 3 heterocycles. The van der Waals surface area contributed by atoms with E-state index < -0.39 is 10.0 Å². The summed E-state index contributed by atoms with van der Waals surface area (Å²) in [7, 11) is -3.46. The van der Waals surface area contributed by atoms with Crippen LogP contribution in [-0.4, -0.2) is 56.9 Å². The highest BCUT2D eigenvalue weighted by atomic mass is 35.5. The smallest absolute Gasteiger partial charge is 0.273 e. The van der Waals surface area contributed by atoms with Crippen LogP contribution < -0.4 is 4.90 Å². The summed E-state index contributed by atoms with van der Waals surface area (Å²) in [4.78, 5) is 4.81. The molecule has 27 heavy (non-hydrogen) atoms. The number of piperazine rings is 1. The normalized spacial score (nSPS) is 19.3. The van der Waals surface area contributed by atoms with Crippen LogP contribution in [0.15, 0.2) is 46.8 Å². The molecule has 1 fully saturated rings. The van der Waals surface area contributed by atoms with Crippen molar-refractivity contribution in [2.75, 3.05) is 44.2 Å². The molecule has 1 aromatic heterocycles. The van der Waals surface area contributed by atoms with Gasteiger partial charge >= 0.3 is 0 Å². The van der Waals surface area contributed by atoms with Gasteiger partial charge in [-0.15, -0.1) is 11.3 Å². The predicted octanol–water partition coefficient (Wildman–Crippen LogP) is 3.59. The summed E-state index contributed by atoms with van der Waals surface area (Å²) < 4.78 is 27.7. The minimum Gasteiger partial charge on any atom is -0.369 e. The van der Waals surface area contributed by atoms with Crippen molar-refractivity contribution in [2.24, 2.45) is 0 Å². The Morgan fingerprint density at radius 2 is 1.78 bits per heavy atom. The molecular formula is C19H22ClN3O2S2. The van der Waals surface area contributed by atoms with E-state index in [2.05, 4.69) is 34.1 Å². The number of hydrogen-bond donors (Lipinski definition) is 0. The summed E-state index contributed by atoms with van der Waals surface area (Å²) in [5, 5.41) is 0. The molecule has 1 aromatic carbocycles. The fourth-order valence-corrected chi connectivity index (χ4v) is 6.84. The molecule has 0 bridgehead atoms. The quantitative estimate of drug-likeness (QED) is 0.737. The second-order valence-corrected chi connectivity index (χ2v) is 10.5. The topological polar surface area (TPSA) is 43.9 Å². The summed E-state index contributed by atoms with van der Waals surface area (Å²) in [6.45, 7) is 5.41. The molecule has 8 heteroatoms. The van der Waals surface area contributed by atoms with Crippen molar-refractivity contribution in [1.82, 2.24) is 9.21 Å². The van der Waals surface area contributed by atoms with E-state index in [1.807, 2.05) is 12.1 Å². The molecule has 0 spiro atoms. The van der Waals surface area contributed by atoms with Crippen LogP contribution in [0.2, 0.25) is 4.34 Å². The molecule has 2 aliphatic heterocycles. The first-order valence-corrected chi connectivity index (χ1v) is 11.7. The highest BCUT2D eigenvalue weighted by molar-refractivity contribution is 7.91. The number of sulfonamides is 1. The second kappa shape index (κ2) is 7.83. The highest BCUT2D eigenvalue weighted by Gasteiger charge is 2.29. The number of fused-ring (bicyclic) bond motifs is 1.